The van der Waals surface area contributed by atoms with E-state index in [0.717, 1.165) is 65.7 Å². The van der Waals surface area contributed by atoms with Crippen LogP contribution in [-0.2, 0) is 23.1 Å². The van der Waals surface area contributed by atoms with Gasteiger partial charge in [0.1, 0.15) is 11.7 Å². The average molecular weight is 521 g/mol. The number of aryl methyl sites for hydroxylation is 1. The Kier molecular flexibility index (Phi) is 6.94. The zero-order chi connectivity index (χ0) is 26.2. The lowest BCUT2D eigenvalue weighted by Gasteiger charge is -2.34. The molecule has 0 bridgehead atoms. The third kappa shape index (κ3) is 4.72. The van der Waals surface area contributed by atoms with Crippen molar-refractivity contribution < 1.29 is 13.9 Å². The van der Waals surface area contributed by atoms with Gasteiger partial charge in [-0.05, 0) is 49.4 Å². The van der Waals surface area contributed by atoms with Crippen LogP contribution in [0.5, 0.6) is 0 Å². The zero-order valence-corrected chi connectivity index (χ0v) is 21.8. The van der Waals surface area contributed by atoms with Gasteiger partial charge in [-0.3, -0.25) is 14.1 Å². The first-order valence-corrected chi connectivity index (χ1v) is 13.3. The van der Waals surface area contributed by atoms with E-state index >= 15 is 0 Å². The molecule has 0 spiro atoms. The van der Waals surface area contributed by atoms with E-state index in [1.807, 2.05) is 35.0 Å². The van der Waals surface area contributed by atoms with Crippen molar-refractivity contribution >= 4 is 22.1 Å². The van der Waals surface area contributed by atoms with Crippen molar-refractivity contribution in [2.45, 2.75) is 50.6 Å². The number of fused-ring (bicyclic) bond motifs is 3. The summed E-state index contributed by atoms with van der Waals surface area (Å²) in [6, 6.07) is 10.1. The van der Waals surface area contributed by atoms with Gasteiger partial charge in [-0.25, -0.2) is 9.18 Å². The third-order valence-corrected chi connectivity index (χ3v) is 8.01. The summed E-state index contributed by atoms with van der Waals surface area (Å²) in [6.45, 7) is 3.46. The molecule has 0 N–H and O–H groups in total. The summed E-state index contributed by atoms with van der Waals surface area (Å²) in [5.41, 5.74) is 4.90. The number of imidazole rings is 1. The predicted octanol–water partition coefficient (Wildman–Crippen LogP) is 3.65. The Labute approximate surface area is 220 Å². The third-order valence-electron chi connectivity index (χ3n) is 8.01. The number of benzene rings is 1. The number of hydrogen-bond donors (Lipinski definition) is 0. The number of pyridine rings is 1. The fourth-order valence-electron chi connectivity index (χ4n) is 5.53. The molecule has 38 heavy (non-hydrogen) atoms. The molecule has 3 aromatic heterocycles. The second-order valence-electron chi connectivity index (χ2n) is 10.4. The minimum Gasteiger partial charge on any atom is -0.381 e. The smallest absolute Gasteiger partial charge is 0.330 e. The van der Waals surface area contributed by atoms with Gasteiger partial charge in [0.25, 0.3) is 0 Å². The summed E-state index contributed by atoms with van der Waals surface area (Å²) in [4.78, 5) is 20.0. The first kappa shape index (κ1) is 25.1. The number of hydrogen-bond acceptors (Lipinski definition) is 7. The van der Waals surface area contributed by atoms with Gasteiger partial charge in [0, 0.05) is 57.0 Å². The van der Waals surface area contributed by atoms with Crippen molar-refractivity contribution in [3.8, 4) is 11.1 Å². The lowest BCUT2D eigenvalue weighted by Crippen LogP contribution is -2.37. The van der Waals surface area contributed by atoms with E-state index in [2.05, 4.69) is 26.1 Å². The molecule has 1 saturated carbocycles. The van der Waals surface area contributed by atoms with Crippen LogP contribution in [0.1, 0.15) is 37.4 Å². The second kappa shape index (κ2) is 10.5. The molecule has 1 saturated heterocycles. The van der Waals surface area contributed by atoms with Crippen LogP contribution in [0.15, 0.2) is 41.3 Å². The van der Waals surface area contributed by atoms with Crippen molar-refractivity contribution in [3.63, 3.8) is 0 Å². The first-order valence-electron chi connectivity index (χ1n) is 13.3. The van der Waals surface area contributed by atoms with E-state index in [0.29, 0.717) is 31.7 Å². The highest BCUT2D eigenvalue weighted by molar-refractivity contribution is 6.02. The van der Waals surface area contributed by atoms with Crippen LogP contribution in [-0.4, -0.2) is 74.8 Å². The Morgan fingerprint density at radius 2 is 1.87 bits per heavy atom. The zero-order valence-electron chi connectivity index (χ0n) is 21.8. The summed E-state index contributed by atoms with van der Waals surface area (Å²) in [7, 11) is 3.46. The van der Waals surface area contributed by atoms with Crippen molar-refractivity contribution in [1.29, 1.82) is 0 Å². The lowest BCUT2D eigenvalue weighted by atomic mass is 9.89. The summed E-state index contributed by atoms with van der Waals surface area (Å²) in [5, 5.41) is 9.65. The van der Waals surface area contributed by atoms with E-state index in [-0.39, 0.29) is 17.8 Å². The summed E-state index contributed by atoms with van der Waals surface area (Å²) in [5.74, 6) is 0. The van der Waals surface area contributed by atoms with Gasteiger partial charge in [-0.2, -0.15) is 0 Å². The molecule has 2 aliphatic rings. The van der Waals surface area contributed by atoms with Gasteiger partial charge in [0.2, 0.25) is 0 Å². The van der Waals surface area contributed by atoms with Crippen LogP contribution in [0, 0.1) is 0 Å². The molecular weight excluding hydrogens is 487 g/mol. The van der Waals surface area contributed by atoms with E-state index in [9.17, 15) is 9.18 Å². The van der Waals surface area contributed by atoms with Gasteiger partial charge in [0.15, 0.2) is 5.65 Å². The number of aromatic nitrogens is 5. The monoisotopic (exact) mass is 520 g/mol. The minimum absolute atomic E-state index is 0.0790. The first-order chi connectivity index (χ1) is 18.5. The van der Waals surface area contributed by atoms with Gasteiger partial charge < -0.3 is 14.4 Å². The van der Waals surface area contributed by atoms with Crippen molar-refractivity contribution in [2.75, 3.05) is 33.4 Å². The highest BCUT2D eigenvalue weighted by Gasteiger charge is 2.34. The molecule has 4 aromatic rings. The fourth-order valence-corrected chi connectivity index (χ4v) is 5.53. The predicted molar refractivity (Wildman–Crippen MR) is 143 cm³/mol. The minimum atomic E-state index is -0.652. The maximum absolute atomic E-state index is 13.3. The molecule has 10 heteroatoms. The van der Waals surface area contributed by atoms with E-state index < -0.39 is 6.17 Å². The Bertz CT molecular complexity index is 1490. The molecule has 4 heterocycles. The van der Waals surface area contributed by atoms with Gasteiger partial charge in [-0.15, -0.1) is 10.2 Å². The molecule has 9 nitrogen and oxygen atoms in total. The highest BCUT2D eigenvalue weighted by Crippen LogP contribution is 2.37. The summed E-state index contributed by atoms with van der Waals surface area (Å²) >= 11 is 0. The molecule has 1 aromatic carbocycles. The standard InChI is InChI=1S/C28H33FN6O3/c1-33-27-26(35(28(33)36)22-14-23(15-22)37-2)24-13-18(4-6-25(24)31-32-27)19-3-5-21(30-16-19)17-38-12-11-34-9-7-20(29)8-10-34/h3-6,13,16,20,22-23H,7-12,14-15,17H2,1-2H3/t22-,23+. The van der Waals surface area contributed by atoms with Gasteiger partial charge in [-0.1, -0.05) is 12.1 Å². The molecular formula is C28H33FN6O3. The largest absolute Gasteiger partial charge is 0.381 e. The van der Waals surface area contributed by atoms with E-state index in [4.69, 9.17) is 9.47 Å². The number of alkyl halides is 1. The molecule has 0 amide bonds. The Morgan fingerprint density at radius 3 is 2.61 bits per heavy atom. The fraction of sp³-hybridized carbons (Fsp3) is 0.500. The van der Waals surface area contributed by atoms with Crippen molar-refractivity contribution in [3.05, 3.63) is 52.7 Å². The van der Waals surface area contributed by atoms with Crippen molar-refractivity contribution in [1.82, 2.24) is 29.2 Å². The van der Waals surface area contributed by atoms with Crippen LogP contribution < -0.4 is 5.69 Å². The highest BCUT2D eigenvalue weighted by atomic mass is 19.1. The van der Waals surface area contributed by atoms with E-state index in [1.165, 1.54) is 0 Å². The van der Waals surface area contributed by atoms with E-state index in [1.54, 1.807) is 18.7 Å². The van der Waals surface area contributed by atoms with Gasteiger partial charge in [0.05, 0.1) is 30.5 Å². The number of halogens is 1. The number of likely N-dealkylation sites (tertiary alicyclic amines) is 1. The molecule has 0 atom stereocenters. The topological polar surface area (TPSA) is 87.3 Å². The molecule has 6 rings (SSSR count). The molecule has 200 valence electrons. The number of piperidine rings is 1. The molecule has 2 fully saturated rings. The average Bonchev–Trinajstić information content (AvgIpc) is 3.17. The number of ether oxygens (including phenoxy) is 2. The lowest BCUT2D eigenvalue weighted by molar-refractivity contribution is 0.00635. The van der Waals surface area contributed by atoms with Gasteiger partial charge >= 0.3 is 5.69 Å². The van der Waals surface area contributed by atoms with Crippen LogP contribution in [0.3, 0.4) is 0 Å². The molecule has 0 radical (unpaired) electrons. The van der Waals surface area contributed by atoms with Crippen LogP contribution in [0.4, 0.5) is 4.39 Å². The second-order valence-corrected chi connectivity index (χ2v) is 10.4. The van der Waals surface area contributed by atoms with Crippen LogP contribution >= 0.6 is 0 Å². The van der Waals surface area contributed by atoms with Crippen LogP contribution in [0.2, 0.25) is 0 Å². The Morgan fingerprint density at radius 1 is 1.08 bits per heavy atom. The normalized spacial score (nSPS) is 20.8. The Balaban J connectivity index is 1.20. The Hall–Kier alpha value is -3.21. The molecule has 0 unspecified atom stereocenters. The number of nitrogens with zero attached hydrogens (tertiary/aromatic N) is 6. The van der Waals surface area contributed by atoms with Crippen molar-refractivity contribution in [2.24, 2.45) is 7.05 Å². The molecule has 1 aliphatic carbocycles. The molecule has 1 aliphatic heterocycles. The summed E-state index contributed by atoms with van der Waals surface area (Å²) < 4.78 is 28.0. The summed E-state index contributed by atoms with van der Waals surface area (Å²) in [6.07, 6.45) is 4.23. The maximum Gasteiger partial charge on any atom is 0.330 e. The SMILES string of the molecule is CO[C@H]1C[C@@H](n2c(=O)n(C)c3nnc4ccc(-c5ccc(COCCN6CCC(F)CC6)nc5)cc4c32)C1. The maximum atomic E-state index is 13.3. The number of methoxy groups -OCH3 is 1. The number of rotatable bonds is 8. The quantitative estimate of drug-likeness (QED) is 0.328. The van der Waals surface area contributed by atoms with Crippen LogP contribution in [0.25, 0.3) is 33.2 Å².